The van der Waals surface area contributed by atoms with Crippen molar-refractivity contribution in [1.29, 1.82) is 0 Å². The Kier molecular flexibility index (Phi) is 5.32. The van der Waals surface area contributed by atoms with Gasteiger partial charge in [-0.3, -0.25) is 4.79 Å². The van der Waals surface area contributed by atoms with Gasteiger partial charge in [-0.2, -0.15) is 0 Å². The Balaban J connectivity index is 1.57. The normalized spacial score (nSPS) is 10.2. The van der Waals surface area contributed by atoms with Crippen LogP contribution in [0.5, 0.6) is 11.5 Å². The summed E-state index contributed by atoms with van der Waals surface area (Å²) in [5, 5.41) is 5.01. The van der Waals surface area contributed by atoms with Crippen molar-refractivity contribution in [3.05, 3.63) is 79.4 Å². The van der Waals surface area contributed by atoms with Crippen LogP contribution in [-0.4, -0.2) is 19.1 Å². The van der Waals surface area contributed by atoms with Gasteiger partial charge >= 0.3 is 0 Å². The third kappa shape index (κ3) is 4.61. The summed E-state index contributed by atoms with van der Waals surface area (Å²) in [5.74, 6) is 1.11. The molecule has 126 valence electrons. The molecule has 3 rings (SSSR count). The number of anilines is 1. The summed E-state index contributed by atoms with van der Waals surface area (Å²) in [6.45, 7) is 3.97. The van der Waals surface area contributed by atoms with Crippen LogP contribution >= 0.6 is 0 Å². The number of fused-ring (bicyclic) bond motifs is 1. The molecular weight excluding hydrogens is 314 g/mol. The van der Waals surface area contributed by atoms with E-state index in [0.29, 0.717) is 23.8 Å². The second-order valence-corrected chi connectivity index (χ2v) is 5.47. The molecule has 0 atom stereocenters. The molecule has 0 radical (unpaired) electrons. The molecule has 4 nitrogen and oxygen atoms in total. The Labute approximate surface area is 146 Å². The SMILES string of the molecule is C=CCOc1cccc(NC(=O)COc2ccc3ccccc3c2)c1. The quantitative estimate of drug-likeness (QED) is 0.651. The summed E-state index contributed by atoms with van der Waals surface area (Å²) < 4.78 is 11.0. The maximum Gasteiger partial charge on any atom is 0.262 e. The molecule has 0 spiro atoms. The first-order valence-corrected chi connectivity index (χ1v) is 8.00. The lowest BCUT2D eigenvalue weighted by molar-refractivity contribution is -0.118. The lowest BCUT2D eigenvalue weighted by atomic mass is 10.1. The first kappa shape index (κ1) is 16.6. The highest BCUT2D eigenvalue weighted by molar-refractivity contribution is 5.92. The van der Waals surface area contributed by atoms with E-state index < -0.39 is 0 Å². The van der Waals surface area contributed by atoms with Gasteiger partial charge in [0.1, 0.15) is 18.1 Å². The number of hydrogen-bond acceptors (Lipinski definition) is 3. The smallest absolute Gasteiger partial charge is 0.262 e. The molecule has 0 aromatic heterocycles. The van der Waals surface area contributed by atoms with Crippen LogP contribution in [0.4, 0.5) is 5.69 Å². The molecule has 0 fully saturated rings. The summed E-state index contributed by atoms with van der Waals surface area (Å²) >= 11 is 0. The lowest BCUT2D eigenvalue weighted by Crippen LogP contribution is -2.20. The molecule has 0 heterocycles. The van der Waals surface area contributed by atoms with Crippen LogP contribution in [0, 0.1) is 0 Å². The fraction of sp³-hybridized carbons (Fsp3) is 0.0952. The van der Waals surface area contributed by atoms with E-state index in [2.05, 4.69) is 11.9 Å². The van der Waals surface area contributed by atoms with Crippen molar-refractivity contribution in [3.8, 4) is 11.5 Å². The monoisotopic (exact) mass is 333 g/mol. The van der Waals surface area contributed by atoms with Gasteiger partial charge in [0.15, 0.2) is 6.61 Å². The molecule has 0 unspecified atom stereocenters. The molecule has 0 saturated heterocycles. The molecule has 0 bridgehead atoms. The molecular formula is C21H19NO3. The van der Waals surface area contributed by atoms with Crippen molar-refractivity contribution >= 4 is 22.4 Å². The number of amides is 1. The average Bonchev–Trinajstić information content (AvgIpc) is 2.65. The van der Waals surface area contributed by atoms with Crippen molar-refractivity contribution in [2.45, 2.75) is 0 Å². The van der Waals surface area contributed by atoms with Gasteiger partial charge in [-0.1, -0.05) is 49.1 Å². The summed E-state index contributed by atoms with van der Waals surface area (Å²) in [4.78, 5) is 12.1. The minimum Gasteiger partial charge on any atom is -0.489 e. The molecule has 0 aliphatic heterocycles. The van der Waals surface area contributed by atoms with Gasteiger partial charge in [0, 0.05) is 11.8 Å². The molecule has 3 aromatic carbocycles. The predicted octanol–water partition coefficient (Wildman–Crippen LogP) is 4.42. The zero-order chi connectivity index (χ0) is 17.5. The first-order chi connectivity index (χ1) is 12.2. The van der Waals surface area contributed by atoms with Crippen LogP contribution in [0.1, 0.15) is 0 Å². The summed E-state index contributed by atoms with van der Waals surface area (Å²) in [6, 6.07) is 21.0. The van der Waals surface area contributed by atoms with Gasteiger partial charge < -0.3 is 14.8 Å². The Morgan fingerprint density at radius 3 is 2.56 bits per heavy atom. The van der Waals surface area contributed by atoms with Gasteiger partial charge in [-0.05, 0) is 35.0 Å². The second kappa shape index (κ2) is 8.02. The van der Waals surface area contributed by atoms with Gasteiger partial charge in [0.25, 0.3) is 5.91 Å². The molecule has 1 N–H and O–H groups in total. The summed E-state index contributed by atoms with van der Waals surface area (Å²) in [7, 11) is 0. The van der Waals surface area contributed by atoms with E-state index in [1.165, 1.54) is 0 Å². The number of rotatable bonds is 7. The van der Waals surface area contributed by atoms with Crippen molar-refractivity contribution in [2.24, 2.45) is 0 Å². The number of carbonyl (C=O) groups is 1. The predicted molar refractivity (Wildman–Crippen MR) is 100 cm³/mol. The fourth-order valence-electron chi connectivity index (χ4n) is 2.42. The van der Waals surface area contributed by atoms with E-state index in [9.17, 15) is 4.79 Å². The van der Waals surface area contributed by atoms with Gasteiger partial charge in [-0.15, -0.1) is 0 Å². The van der Waals surface area contributed by atoms with Crippen molar-refractivity contribution < 1.29 is 14.3 Å². The molecule has 0 aliphatic carbocycles. The van der Waals surface area contributed by atoms with E-state index in [1.54, 1.807) is 18.2 Å². The lowest BCUT2D eigenvalue weighted by Gasteiger charge is -2.10. The van der Waals surface area contributed by atoms with E-state index in [-0.39, 0.29) is 12.5 Å². The average molecular weight is 333 g/mol. The Morgan fingerprint density at radius 2 is 1.72 bits per heavy atom. The largest absolute Gasteiger partial charge is 0.489 e. The maximum atomic E-state index is 12.1. The third-order valence-corrected chi connectivity index (χ3v) is 3.58. The van der Waals surface area contributed by atoms with E-state index in [4.69, 9.17) is 9.47 Å². The Morgan fingerprint density at radius 1 is 0.920 bits per heavy atom. The Hall–Kier alpha value is -3.27. The number of nitrogens with one attached hydrogen (secondary N) is 1. The fourth-order valence-corrected chi connectivity index (χ4v) is 2.42. The van der Waals surface area contributed by atoms with Crippen LogP contribution in [0.15, 0.2) is 79.4 Å². The van der Waals surface area contributed by atoms with Crippen LogP contribution in [0.2, 0.25) is 0 Å². The molecule has 3 aromatic rings. The van der Waals surface area contributed by atoms with Gasteiger partial charge in [0.05, 0.1) is 0 Å². The Bertz CT molecular complexity index is 889. The summed E-state index contributed by atoms with van der Waals surface area (Å²) in [6.07, 6.45) is 1.67. The second-order valence-electron chi connectivity index (χ2n) is 5.47. The van der Waals surface area contributed by atoms with Crippen molar-refractivity contribution in [1.82, 2.24) is 0 Å². The highest BCUT2D eigenvalue weighted by Crippen LogP contribution is 2.21. The molecule has 1 amide bonds. The van der Waals surface area contributed by atoms with Crippen LogP contribution < -0.4 is 14.8 Å². The topological polar surface area (TPSA) is 47.6 Å². The molecule has 4 heteroatoms. The first-order valence-electron chi connectivity index (χ1n) is 8.00. The van der Waals surface area contributed by atoms with Gasteiger partial charge in [-0.25, -0.2) is 0 Å². The van der Waals surface area contributed by atoms with Crippen molar-refractivity contribution in [2.75, 3.05) is 18.5 Å². The zero-order valence-electron chi connectivity index (χ0n) is 13.8. The minimum absolute atomic E-state index is 0.0594. The summed E-state index contributed by atoms with van der Waals surface area (Å²) in [5.41, 5.74) is 0.661. The van der Waals surface area contributed by atoms with Crippen LogP contribution in [-0.2, 0) is 4.79 Å². The minimum atomic E-state index is -0.228. The van der Waals surface area contributed by atoms with Gasteiger partial charge in [0.2, 0.25) is 0 Å². The number of ether oxygens (including phenoxy) is 2. The van der Waals surface area contributed by atoms with Crippen LogP contribution in [0.3, 0.4) is 0 Å². The standard InChI is InChI=1S/C21H19NO3/c1-2-12-24-19-9-5-8-18(14-19)22-21(23)15-25-20-11-10-16-6-3-4-7-17(16)13-20/h2-11,13-14H,1,12,15H2,(H,22,23). The number of benzene rings is 3. The van der Waals surface area contributed by atoms with Crippen molar-refractivity contribution in [3.63, 3.8) is 0 Å². The van der Waals surface area contributed by atoms with E-state index in [1.807, 2.05) is 54.6 Å². The highest BCUT2D eigenvalue weighted by atomic mass is 16.5. The highest BCUT2D eigenvalue weighted by Gasteiger charge is 2.05. The number of carbonyl (C=O) groups excluding carboxylic acids is 1. The van der Waals surface area contributed by atoms with Crippen LogP contribution in [0.25, 0.3) is 10.8 Å². The van der Waals surface area contributed by atoms with E-state index in [0.717, 1.165) is 10.8 Å². The third-order valence-electron chi connectivity index (χ3n) is 3.58. The molecule has 0 aliphatic rings. The maximum absolute atomic E-state index is 12.1. The zero-order valence-corrected chi connectivity index (χ0v) is 13.8. The van der Waals surface area contributed by atoms with E-state index >= 15 is 0 Å². The number of hydrogen-bond donors (Lipinski definition) is 1. The molecule has 25 heavy (non-hydrogen) atoms. The molecule has 0 saturated carbocycles.